The second-order valence-corrected chi connectivity index (χ2v) is 7.16. The maximum atomic E-state index is 13.1. The molecule has 2 aromatic carbocycles. The van der Waals surface area contributed by atoms with Crippen LogP contribution in [0.25, 0.3) is 0 Å². The Balaban J connectivity index is 1.97. The van der Waals surface area contributed by atoms with Gasteiger partial charge in [-0.05, 0) is 25.5 Å². The second kappa shape index (κ2) is 8.06. The number of rotatable bonds is 5. The van der Waals surface area contributed by atoms with E-state index in [0.29, 0.717) is 17.1 Å². The Morgan fingerprint density at radius 3 is 2.37 bits per heavy atom. The Morgan fingerprint density at radius 2 is 1.73 bits per heavy atom. The average molecular weight is 413 g/mol. The molecule has 0 radical (unpaired) electrons. The molecule has 8 nitrogen and oxygen atoms in total. The van der Waals surface area contributed by atoms with E-state index in [0.717, 1.165) is 11.1 Å². The minimum Gasteiger partial charge on any atom is -0.493 e. The number of hydrogen-bond acceptors (Lipinski definition) is 7. The van der Waals surface area contributed by atoms with Crippen molar-refractivity contribution in [2.24, 2.45) is 0 Å². The number of cyclic esters (lactones) is 1. The van der Waals surface area contributed by atoms with Crippen LogP contribution in [0.3, 0.4) is 0 Å². The molecule has 0 aromatic heterocycles. The van der Waals surface area contributed by atoms with Crippen molar-refractivity contribution in [1.82, 2.24) is 0 Å². The van der Waals surface area contributed by atoms with E-state index in [1.54, 1.807) is 6.07 Å². The maximum Gasteiger partial charge on any atom is 0.340 e. The topological polar surface area (TPSA) is 100 Å². The fourth-order valence-electron chi connectivity index (χ4n) is 3.37. The van der Waals surface area contributed by atoms with Gasteiger partial charge < -0.3 is 24.3 Å². The molecule has 3 rings (SSSR count). The van der Waals surface area contributed by atoms with Gasteiger partial charge in [-0.2, -0.15) is 0 Å². The Bertz CT molecular complexity index is 1030. The first-order valence-electron chi connectivity index (χ1n) is 9.21. The molecule has 158 valence electrons. The van der Waals surface area contributed by atoms with Crippen LogP contribution in [0.1, 0.15) is 38.8 Å². The first-order valence-corrected chi connectivity index (χ1v) is 9.21. The lowest BCUT2D eigenvalue weighted by atomic mass is 9.88. The minimum atomic E-state index is -1.46. The van der Waals surface area contributed by atoms with Crippen molar-refractivity contribution in [3.05, 3.63) is 52.6 Å². The highest BCUT2D eigenvalue weighted by Crippen LogP contribution is 2.35. The zero-order valence-corrected chi connectivity index (χ0v) is 17.5. The Morgan fingerprint density at radius 1 is 1.07 bits per heavy atom. The van der Waals surface area contributed by atoms with Crippen LogP contribution >= 0.6 is 0 Å². The minimum absolute atomic E-state index is 0.0745. The molecule has 1 heterocycles. The van der Waals surface area contributed by atoms with Crippen LogP contribution in [0, 0.1) is 6.92 Å². The first kappa shape index (κ1) is 21.2. The van der Waals surface area contributed by atoms with E-state index in [2.05, 4.69) is 5.32 Å². The summed E-state index contributed by atoms with van der Waals surface area (Å²) in [6, 6.07) is 8.23. The molecule has 0 saturated carbocycles. The third-order valence-electron chi connectivity index (χ3n) is 4.98. The molecule has 0 saturated heterocycles. The SMILES string of the molecule is COC(=O)c1cc(OC)c(OC)cc1NC(=O)C1(C)Cc2cc(C)ccc2C(=O)O1. The summed E-state index contributed by atoms with van der Waals surface area (Å²) in [5.41, 5.74) is 0.899. The number of aryl methyl sites for hydroxylation is 1. The summed E-state index contributed by atoms with van der Waals surface area (Å²) in [6.07, 6.45) is 0.197. The van der Waals surface area contributed by atoms with Crippen molar-refractivity contribution in [2.75, 3.05) is 26.6 Å². The van der Waals surface area contributed by atoms with Crippen molar-refractivity contribution in [3.8, 4) is 11.5 Å². The van der Waals surface area contributed by atoms with Gasteiger partial charge in [-0.3, -0.25) is 4.79 Å². The number of anilines is 1. The molecule has 2 aromatic rings. The van der Waals surface area contributed by atoms with Crippen molar-refractivity contribution in [3.63, 3.8) is 0 Å². The van der Waals surface area contributed by atoms with Crippen molar-refractivity contribution in [1.29, 1.82) is 0 Å². The van der Waals surface area contributed by atoms with Crippen molar-refractivity contribution in [2.45, 2.75) is 25.9 Å². The molecular weight excluding hydrogens is 390 g/mol. The third-order valence-corrected chi connectivity index (χ3v) is 4.98. The fourth-order valence-corrected chi connectivity index (χ4v) is 3.37. The van der Waals surface area contributed by atoms with E-state index < -0.39 is 23.4 Å². The van der Waals surface area contributed by atoms with E-state index in [-0.39, 0.29) is 17.7 Å². The Kier molecular flexibility index (Phi) is 5.69. The van der Waals surface area contributed by atoms with E-state index in [1.807, 2.05) is 19.1 Å². The Hall–Kier alpha value is -3.55. The molecule has 1 unspecified atom stereocenters. The lowest BCUT2D eigenvalue weighted by molar-refractivity contribution is -0.134. The molecule has 0 aliphatic carbocycles. The summed E-state index contributed by atoms with van der Waals surface area (Å²) >= 11 is 0. The monoisotopic (exact) mass is 413 g/mol. The van der Waals surface area contributed by atoms with Crippen molar-refractivity contribution >= 4 is 23.5 Å². The number of carbonyl (C=O) groups is 3. The first-order chi connectivity index (χ1) is 14.2. The number of ether oxygens (including phenoxy) is 4. The lowest BCUT2D eigenvalue weighted by Gasteiger charge is -2.33. The van der Waals surface area contributed by atoms with Crippen LogP contribution in [-0.4, -0.2) is 44.8 Å². The molecule has 30 heavy (non-hydrogen) atoms. The Labute approximate surface area is 174 Å². The molecule has 1 aliphatic rings. The van der Waals surface area contributed by atoms with Gasteiger partial charge in [0.1, 0.15) is 0 Å². The van der Waals surface area contributed by atoms with Gasteiger partial charge >= 0.3 is 11.9 Å². The van der Waals surface area contributed by atoms with Gasteiger partial charge in [-0.25, -0.2) is 9.59 Å². The van der Waals surface area contributed by atoms with Gasteiger partial charge in [0, 0.05) is 18.6 Å². The second-order valence-electron chi connectivity index (χ2n) is 7.16. The number of fused-ring (bicyclic) bond motifs is 1. The van der Waals surface area contributed by atoms with Crippen LogP contribution in [-0.2, 0) is 20.7 Å². The predicted octanol–water partition coefficient (Wildman–Crippen LogP) is 2.91. The molecule has 1 amide bonds. The van der Waals surface area contributed by atoms with Gasteiger partial charge in [0.05, 0.1) is 38.1 Å². The van der Waals surface area contributed by atoms with E-state index >= 15 is 0 Å². The maximum absolute atomic E-state index is 13.1. The highest BCUT2D eigenvalue weighted by molar-refractivity contribution is 6.06. The van der Waals surface area contributed by atoms with Crippen LogP contribution in [0.4, 0.5) is 5.69 Å². The van der Waals surface area contributed by atoms with Gasteiger partial charge in [0.15, 0.2) is 17.1 Å². The number of methoxy groups -OCH3 is 3. The summed E-state index contributed by atoms with van der Waals surface area (Å²) < 4.78 is 20.8. The van der Waals surface area contributed by atoms with E-state index in [9.17, 15) is 14.4 Å². The summed E-state index contributed by atoms with van der Waals surface area (Å²) in [5.74, 6) is -1.21. The normalized spacial score (nSPS) is 17.4. The molecule has 0 bridgehead atoms. The zero-order valence-electron chi connectivity index (χ0n) is 17.5. The van der Waals surface area contributed by atoms with E-state index in [1.165, 1.54) is 40.4 Å². The smallest absolute Gasteiger partial charge is 0.340 e. The van der Waals surface area contributed by atoms with Gasteiger partial charge in [0.2, 0.25) is 0 Å². The fraction of sp³-hybridized carbons (Fsp3) is 0.318. The number of esters is 2. The zero-order chi connectivity index (χ0) is 22.1. The third kappa shape index (κ3) is 3.80. The molecule has 8 heteroatoms. The largest absolute Gasteiger partial charge is 0.493 e. The number of benzene rings is 2. The average Bonchev–Trinajstić information content (AvgIpc) is 2.72. The molecule has 1 aliphatic heterocycles. The molecular formula is C22H23NO7. The number of carbonyl (C=O) groups excluding carboxylic acids is 3. The van der Waals surface area contributed by atoms with E-state index in [4.69, 9.17) is 18.9 Å². The standard InChI is InChI=1S/C22H23NO7/c1-12-6-7-14-13(8-12)11-22(2,30-20(14)25)21(26)23-16-10-18(28-4)17(27-3)9-15(16)19(24)29-5/h6-10H,11H2,1-5H3,(H,23,26). The predicted molar refractivity (Wildman–Crippen MR) is 108 cm³/mol. The number of nitrogens with one attached hydrogen (secondary N) is 1. The van der Waals surface area contributed by atoms with Crippen LogP contribution in [0.15, 0.2) is 30.3 Å². The van der Waals surface area contributed by atoms with Gasteiger partial charge in [0.25, 0.3) is 5.91 Å². The quantitative estimate of drug-likeness (QED) is 0.752. The molecule has 1 atom stereocenters. The highest BCUT2D eigenvalue weighted by Gasteiger charge is 2.43. The van der Waals surface area contributed by atoms with Crippen LogP contribution in [0.2, 0.25) is 0 Å². The lowest BCUT2D eigenvalue weighted by Crippen LogP contribution is -2.49. The van der Waals surface area contributed by atoms with Crippen molar-refractivity contribution < 1.29 is 33.3 Å². The van der Waals surface area contributed by atoms with Crippen LogP contribution in [0.5, 0.6) is 11.5 Å². The summed E-state index contributed by atoms with van der Waals surface area (Å²) in [5, 5.41) is 2.68. The number of amides is 1. The molecule has 1 N–H and O–H groups in total. The number of hydrogen-bond donors (Lipinski definition) is 1. The summed E-state index contributed by atoms with van der Waals surface area (Å²) in [4.78, 5) is 37.8. The van der Waals surface area contributed by atoms with Gasteiger partial charge in [-0.1, -0.05) is 17.7 Å². The summed E-state index contributed by atoms with van der Waals surface area (Å²) in [6.45, 7) is 3.44. The van der Waals surface area contributed by atoms with Gasteiger partial charge in [-0.15, -0.1) is 0 Å². The molecule has 0 spiro atoms. The molecule has 0 fully saturated rings. The highest BCUT2D eigenvalue weighted by atomic mass is 16.6. The summed E-state index contributed by atoms with van der Waals surface area (Å²) in [7, 11) is 4.10. The van der Waals surface area contributed by atoms with Crippen LogP contribution < -0.4 is 14.8 Å².